The van der Waals surface area contributed by atoms with Gasteiger partial charge in [-0.3, -0.25) is 4.98 Å². The van der Waals surface area contributed by atoms with Gasteiger partial charge >= 0.3 is 0 Å². The fraction of sp³-hybridized carbons (Fsp3) is 0.182. The van der Waals surface area contributed by atoms with Gasteiger partial charge in [0.05, 0.1) is 0 Å². The molecule has 0 atom stereocenters. The molecule has 0 amide bonds. The summed E-state index contributed by atoms with van der Waals surface area (Å²) in [6, 6.07) is 5.13. The summed E-state index contributed by atoms with van der Waals surface area (Å²) in [5, 5.41) is 0. The van der Waals surface area contributed by atoms with E-state index in [4.69, 9.17) is 0 Å². The summed E-state index contributed by atoms with van der Waals surface area (Å²) in [6.07, 6.45) is 4.70. The molecule has 2 aromatic heterocycles. The van der Waals surface area contributed by atoms with Gasteiger partial charge in [-0.05, 0) is 11.6 Å². The summed E-state index contributed by atoms with van der Waals surface area (Å²) < 4.78 is 12.9. The van der Waals surface area contributed by atoms with Crippen LogP contribution in [0.5, 0.6) is 0 Å². The highest BCUT2D eigenvalue weighted by molar-refractivity contribution is 5.36. The highest BCUT2D eigenvalue weighted by Crippen LogP contribution is 2.11. The van der Waals surface area contributed by atoms with Crippen LogP contribution in [0.3, 0.4) is 0 Å². The van der Waals surface area contributed by atoms with Crippen LogP contribution < -0.4 is 4.90 Å². The van der Waals surface area contributed by atoms with Gasteiger partial charge in [0, 0.05) is 32.1 Å². The minimum atomic E-state index is -0.525. The molecule has 2 heterocycles. The van der Waals surface area contributed by atoms with E-state index in [9.17, 15) is 4.39 Å². The number of halogens is 1. The maximum absolute atomic E-state index is 12.9. The van der Waals surface area contributed by atoms with Crippen LogP contribution in [-0.4, -0.2) is 22.0 Å². The Kier molecular flexibility index (Phi) is 3.05. The summed E-state index contributed by atoms with van der Waals surface area (Å²) in [4.78, 5) is 13.3. The lowest BCUT2D eigenvalue weighted by atomic mass is 10.3. The van der Waals surface area contributed by atoms with Crippen LogP contribution in [0.25, 0.3) is 0 Å². The van der Waals surface area contributed by atoms with Crippen LogP contribution in [0.4, 0.5) is 10.2 Å². The van der Waals surface area contributed by atoms with E-state index in [-0.39, 0.29) is 0 Å². The Balaban J connectivity index is 2.12. The average molecular weight is 218 g/mol. The highest BCUT2D eigenvalue weighted by atomic mass is 19.1. The standard InChI is InChI=1S/C11H11FN4/c1-16(7-9-3-2-4-13-6-9)11-5-10(12)14-8-15-11/h2-6,8H,7H2,1H3. The van der Waals surface area contributed by atoms with Gasteiger partial charge in [-0.25, -0.2) is 9.97 Å². The van der Waals surface area contributed by atoms with Gasteiger partial charge in [-0.2, -0.15) is 4.39 Å². The van der Waals surface area contributed by atoms with E-state index in [0.717, 1.165) is 5.56 Å². The summed E-state index contributed by atoms with van der Waals surface area (Å²) in [5.41, 5.74) is 1.05. The van der Waals surface area contributed by atoms with Gasteiger partial charge in [0.15, 0.2) is 0 Å². The first-order valence-corrected chi connectivity index (χ1v) is 4.83. The van der Waals surface area contributed by atoms with Gasteiger partial charge in [-0.1, -0.05) is 6.07 Å². The van der Waals surface area contributed by atoms with Crippen LogP contribution >= 0.6 is 0 Å². The molecule has 0 fully saturated rings. The minimum absolute atomic E-state index is 0.525. The number of nitrogens with zero attached hydrogens (tertiary/aromatic N) is 4. The quantitative estimate of drug-likeness (QED) is 0.734. The topological polar surface area (TPSA) is 41.9 Å². The van der Waals surface area contributed by atoms with Crippen molar-refractivity contribution in [3.05, 3.63) is 48.4 Å². The Morgan fingerprint density at radius 1 is 1.38 bits per heavy atom. The Morgan fingerprint density at radius 3 is 2.94 bits per heavy atom. The molecule has 4 nitrogen and oxygen atoms in total. The lowest BCUT2D eigenvalue weighted by molar-refractivity contribution is 0.578. The molecule has 0 bridgehead atoms. The number of anilines is 1. The fourth-order valence-electron chi connectivity index (χ4n) is 1.38. The van der Waals surface area contributed by atoms with Gasteiger partial charge in [0.25, 0.3) is 0 Å². The van der Waals surface area contributed by atoms with E-state index in [1.165, 1.54) is 12.4 Å². The molecule has 0 aromatic carbocycles. The molecule has 0 spiro atoms. The van der Waals surface area contributed by atoms with E-state index in [1.54, 1.807) is 12.4 Å². The zero-order valence-electron chi connectivity index (χ0n) is 8.84. The van der Waals surface area contributed by atoms with Crippen molar-refractivity contribution in [1.29, 1.82) is 0 Å². The summed E-state index contributed by atoms with van der Waals surface area (Å²) >= 11 is 0. The van der Waals surface area contributed by atoms with Crippen molar-refractivity contribution in [3.8, 4) is 0 Å². The van der Waals surface area contributed by atoms with E-state index in [1.807, 2.05) is 24.1 Å². The Morgan fingerprint density at radius 2 is 2.25 bits per heavy atom. The second kappa shape index (κ2) is 4.65. The number of hydrogen-bond acceptors (Lipinski definition) is 4. The van der Waals surface area contributed by atoms with Gasteiger partial charge < -0.3 is 4.90 Å². The monoisotopic (exact) mass is 218 g/mol. The Hall–Kier alpha value is -2.04. The maximum atomic E-state index is 12.9. The van der Waals surface area contributed by atoms with Crippen molar-refractivity contribution in [1.82, 2.24) is 15.0 Å². The fourth-order valence-corrected chi connectivity index (χ4v) is 1.38. The summed E-state index contributed by atoms with van der Waals surface area (Å²) in [6.45, 7) is 0.629. The molecule has 2 rings (SSSR count). The van der Waals surface area contributed by atoms with Crippen molar-refractivity contribution in [2.24, 2.45) is 0 Å². The number of hydrogen-bond donors (Lipinski definition) is 0. The number of aromatic nitrogens is 3. The van der Waals surface area contributed by atoms with Crippen molar-refractivity contribution in [2.45, 2.75) is 6.54 Å². The smallest absolute Gasteiger partial charge is 0.218 e. The summed E-state index contributed by atoms with van der Waals surface area (Å²) in [7, 11) is 1.84. The van der Waals surface area contributed by atoms with Gasteiger partial charge in [-0.15, -0.1) is 0 Å². The Labute approximate surface area is 92.8 Å². The predicted octanol–water partition coefficient (Wildman–Crippen LogP) is 1.65. The molecular formula is C11H11FN4. The molecule has 82 valence electrons. The third kappa shape index (κ3) is 2.50. The normalized spacial score (nSPS) is 10.1. The first-order chi connectivity index (χ1) is 7.75. The second-order valence-corrected chi connectivity index (χ2v) is 3.42. The summed E-state index contributed by atoms with van der Waals surface area (Å²) in [5.74, 6) is 0.0272. The molecule has 0 N–H and O–H groups in total. The lowest BCUT2D eigenvalue weighted by Gasteiger charge is -2.17. The van der Waals surface area contributed by atoms with E-state index >= 15 is 0 Å². The lowest BCUT2D eigenvalue weighted by Crippen LogP contribution is -2.18. The molecule has 0 saturated carbocycles. The molecule has 0 saturated heterocycles. The first-order valence-electron chi connectivity index (χ1n) is 4.83. The largest absolute Gasteiger partial charge is 0.355 e. The number of rotatable bonds is 3. The van der Waals surface area contributed by atoms with Crippen molar-refractivity contribution in [3.63, 3.8) is 0 Å². The van der Waals surface area contributed by atoms with Crippen molar-refractivity contribution >= 4 is 5.82 Å². The molecule has 2 aromatic rings. The molecule has 0 aliphatic carbocycles. The molecule has 16 heavy (non-hydrogen) atoms. The van der Waals surface area contributed by atoms with Crippen LogP contribution in [0.1, 0.15) is 5.56 Å². The van der Waals surface area contributed by atoms with Crippen molar-refractivity contribution in [2.75, 3.05) is 11.9 Å². The van der Waals surface area contributed by atoms with E-state index in [2.05, 4.69) is 15.0 Å². The third-order valence-corrected chi connectivity index (χ3v) is 2.15. The third-order valence-electron chi connectivity index (χ3n) is 2.15. The predicted molar refractivity (Wildman–Crippen MR) is 58.3 cm³/mol. The SMILES string of the molecule is CN(Cc1cccnc1)c1cc(F)ncn1. The molecule has 0 unspecified atom stereocenters. The minimum Gasteiger partial charge on any atom is -0.355 e. The molecule has 0 aliphatic rings. The Bertz CT molecular complexity index is 461. The van der Waals surface area contributed by atoms with Crippen molar-refractivity contribution < 1.29 is 4.39 Å². The molecule has 0 radical (unpaired) electrons. The van der Waals surface area contributed by atoms with Gasteiger partial charge in [0.2, 0.25) is 5.95 Å². The average Bonchev–Trinajstić information content (AvgIpc) is 2.30. The second-order valence-electron chi connectivity index (χ2n) is 3.42. The molecule has 5 heteroatoms. The molecular weight excluding hydrogens is 207 g/mol. The van der Waals surface area contributed by atoms with Crippen LogP contribution in [0.2, 0.25) is 0 Å². The van der Waals surface area contributed by atoms with Crippen LogP contribution in [-0.2, 0) is 6.54 Å². The maximum Gasteiger partial charge on any atom is 0.218 e. The van der Waals surface area contributed by atoms with Crippen LogP contribution in [0.15, 0.2) is 36.9 Å². The molecule has 0 aliphatic heterocycles. The van der Waals surface area contributed by atoms with Gasteiger partial charge in [0.1, 0.15) is 12.1 Å². The highest BCUT2D eigenvalue weighted by Gasteiger charge is 2.04. The zero-order valence-corrected chi connectivity index (χ0v) is 8.84. The van der Waals surface area contributed by atoms with E-state index < -0.39 is 5.95 Å². The van der Waals surface area contributed by atoms with E-state index in [0.29, 0.717) is 12.4 Å². The zero-order chi connectivity index (χ0) is 11.4. The first kappa shape index (κ1) is 10.5. The van der Waals surface area contributed by atoms with Crippen LogP contribution in [0, 0.1) is 5.95 Å². The number of pyridine rings is 1.